The number of sulfonamides is 1. The number of H-pyrrole nitrogens is 1. The van der Waals surface area contributed by atoms with Crippen molar-refractivity contribution < 1.29 is 32.8 Å². The molecule has 1 N–H and O–H groups in total. The lowest BCUT2D eigenvalue weighted by atomic mass is 10.2. The van der Waals surface area contributed by atoms with Gasteiger partial charge in [-0.3, -0.25) is 0 Å². The summed E-state index contributed by atoms with van der Waals surface area (Å²) in [4.78, 5) is 13.5. The van der Waals surface area contributed by atoms with Gasteiger partial charge in [0, 0.05) is 25.2 Å². The molecule has 0 aliphatic heterocycles. The second kappa shape index (κ2) is 9.34. The SMILES string of the molecule is CCN(Cc1cc[nH+]cc1)S(=O)(=O)c1cc(/C=C/C(=O)[O-])cc(OC)c1OC. The molecule has 0 saturated carbocycles. The summed E-state index contributed by atoms with van der Waals surface area (Å²) in [5, 5.41) is 10.7. The van der Waals surface area contributed by atoms with Crippen LogP contribution in [0.5, 0.6) is 11.5 Å². The number of aromatic amines is 1. The number of pyridine rings is 1. The Morgan fingerprint density at radius 3 is 2.43 bits per heavy atom. The van der Waals surface area contributed by atoms with Gasteiger partial charge in [-0.1, -0.05) is 13.0 Å². The Hall–Kier alpha value is -2.91. The highest BCUT2D eigenvalue weighted by Gasteiger charge is 2.29. The molecule has 0 atom stereocenters. The van der Waals surface area contributed by atoms with Crippen molar-refractivity contribution in [3.8, 4) is 11.5 Å². The zero-order chi connectivity index (χ0) is 20.7. The lowest BCUT2D eigenvalue weighted by Crippen LogP contribution is -2.31. The molecule has 0 spiro atoms. The summed E-state index contributed by atoms with van der Waals surface area (Å²) in [7, 11) is -1.25. The number of carboxylic acid groups (broad SMARTS) is 1. The Morgan fingerprint density at radius 1 is 1.21 bits per heavy atom. The minimum absolute atomic E-state index is 0.0490. The van der Waals surface area contributed by atoms with Crippen LogP contribution < -0.4 is 19.6 Å². The second-order valence-electron chi connectivity index (χ2n) is 5.75. The van der Waals surface area contributed by atoms with E-state index in [-0.39, 0.29) is 29.5 Å². The Balaban J connectivity index is 2.57. The van der Waals surface area contributed by atoms with Crippen molar-refractivity contribution in [3.63, 3.8) is 0 Å². The predicted octanol–water partition coefficient (Wildman–Crippen LogP) is 0.492. The quantitative estimate of drug-likeness (QED) is 0.561. The lowest BCUT2D eigenvalue weighted by molar-refractivity contribution is -0.378. The maximum absolute atomic E-state index is 13.3. The van der Waals surface area contributed by atoms with Crippen molar-refractivity contribution in [2.24, 2.45) is 0 Å². The molecule has 0 radical (unpaired) electrons. The highest BCUT2D eigenvalue weighted by molar-refractivity contribution is 7.89. The number of hydrogen-bond acceptors (Lipinski definition) is 6. The topological polar surface area (TPSA) is 110 Å². The van der Waals surface area contributed by atoms with Crippen LogP contribution in [0.25, 0.3) is 6.08 Å². The van der Waals surface area contributed by atoms with Crippen LogP contribution in [0, 0.1) is 0 Å². The summed E-state index contributed by atoms with van der Waals surface area (Å²) in [5.41, 5.74) is 1.13. The number of rotatable bonds is 9. The number of nitrogens with zero attached hydrogens (tertiary/aromatic N) is 1. The van der Waals surface area contributed by atoms with Crippen molar-refractivity contribution in [2.45, 2.75) is 18.4 Å². The first kappa shape index (κ1) is 21.4. The van der Waals surface area contributed by atoms with Crippen LogP contribution >= 0.6 is 0 Å². The average molecular weight is 406 g/mol. The normalized spacial score (nSPS) is 11.7. The molecule has 0 amide bonds. The summed E-state index contributed by atoms with van der Waals surface area (Å²) >= 11 is 0. The highest BCUT2D eigenvalue weighted by Crippen LogP contribution is 2.37. The zero-order valence-electron chi connectivity index (χ0n) is 15.8. The molecule has 0 fully saturated rings. The van der Waals surface area contributed by atoms with Crippen molar-refractivity contribution in [2.75, 3.05) is 20.8 Å². The molecule has 150 valence electrons. The van der Waals surface area contributed by atoms with Crippen LogP contribution in [0.4, 0.5) is 0 Å². The van der Waals surface area contributed by atoms with Gasteiger partial charge in [-0.25, -0.2) is 13.4 Å². The Labute approximate surface area is 164 Å². The van der Waals surface area contributed by atoms with Crippen molar-refractivity contribution >= 4 is 22.1 Å². The van der Waals surface area contributed by atoms with Crippen LogP contribution in [-0.2, 0) is 21.4 Å². The smallest absolute Gasteiger partial charge is 0.247 e. The summed E-state index contributed by atoms with van der Waals surface area (Å²) in [6.07, 6.45) is 5.48. The van der Waals surface area contributed by atoms with Crippen LogP contribution in [-0.4, -0.2) is 39.5 Å². The fourth-order valence-corrected chi connectivity index (χ4v) is 4.28. The lowest BCUT2D eigenvalue weighted by Gasteiger charge is -2.23. The van der Waals surface area contributed by atoms with E-state index < -0.39 is 16.0 Å². The summed E-state index contributed by atoms with van der Waals surface area (Å²) in [5.74, 6) is -1.17. The summed E-state index contributed by atoms with van der Waals surface area (Å²) < 4.78 is 38.5. The Kier molecular flexibility index (Phi) is 7.13. The summed E-state index contributed by atoms with van der Waals surface area (Å²) in [6, 6.07) is 6.40. The van der Waals surface area contributed by atoms with Gasteiger partial charge >= 0.3 is 0 Å². The third kappa shape index (κ3) is 4.87. The van der Waals surface area contributed by atoms with Gasteiger partial charge in [0.15, 0.2) is 23.9 Å². The first-order valence-electron chi connectivity index (χ1n) is 8.43. The van der Waals surface area contributed by atoms with Gasteiger partial charge in [0.05, 0.1) is 20.2 Å². The summed E-state index contributed by atoms with van der Waals surface area (Å²) in [6.45, 7) is 2.12. The van der Waals surface area contributed by atoms with Crippen LogP contribution in [0.1, 0.15) is 18.1 Å². The van der Waals surface area contributed by atoms with Gasteiger partial charge < -0.3 is 19.4 Å². The standard InChI is InChI=1S/C19H22N2O6S/c1-4-21(13-14-7-9-20-10-8-14)28(24,25)17-12-15(5-6-18(22)23)11-16(26-2)19(17)27-3/h5-12H,4,13H2,1-3H3,(H,22,23)/b6-5+. The number of carbonyl (C=O) groups excluding carboxylic acids is 1. The minimum atomic E-state index is -3.96. The van der Waals surface area contributed by atoms with Crippen LogP contribution in [0.2, 0.25) is 0 Å². The number of ether oxygens (including phenoxy) is 2. The number of benzene rings is 1. The molecule has 1 heterocycles. The molecule has 2 rings (SSSR count). The number of aromatic nitrogens is 1. The molecular formula is C19H22N2O6S. The fraction of sp³-hybridized carbons (Fsp3) is 0.263. The minimum Gasteiger partial charge on any atom is -0.545 e. The van der Waals surface area contributed by atoms with E-state index in [9.17, 15) is 18.3 Å². The number of carbonyl (C=O) groups is 1. The molecule has 0 saturated heterocycles. The third-order valence-electron chi connectivity index (χ3n) is 4.00. The van der Waals surface area contributed by atoms with Gasteiger partial charge in [-0.15, -0.1) is 0 Å². The number of hydrogen-bond donors (Lipinski definition) is 0. The van der Waals surface area contributed by atoms with Gasteiger partial charge in [0.2, 0.25) is 10.0 Å². The molecule has 0 aliphatic rings. The number of methoxy groups -OCH3 is 2. The molecular weight excluding hydrogens is 384 g/mol. The number of carboxylic acids is 1. The van der Waals surface area contributed by atoms with Crippen LogP contribution in [0.3, 0.4) is 0 Å². The molecule has 28 heavy (non-hydrogen) atoms. The molecule has 0 unspecified atom stereocenters. The molecule has 0 aliphatic carbocycles. The first-order valence-corrected chi connectivity index (χ1v) is 9.87. The molecule has 1 aromatic carbocycles. The molecule has 0 bridgehead atoms. The van der Waals surface area contributed by atoms with Crippen LogP contribution in [0.15, 0.2) is 47.6 Å². The molecule has 8 nitrogen and oxygen atoms in total. The van der Waals surface area contributed by atoms with Gasteiger partial charge in [-0.05, 0) is 29.3 Å². The number of nitrogens with one attached hydrogen (secondary N) is 1. The van der Waals surface area contributed by atoms with Crippen molar-refractivity contribution in [3.05, 3.63) is 53.9 Å². The van der Waals surface area contributed by atoms with E-state index >= 15 is 0 Å². The van der Waals surface area contributed by atoms with E-state index in [1.165, 1.54) is 36.7 Å². The van der Waals surface area contributed by atoms with Crippen molar-refractivity contribution in [1.29, 1.82) is 0 Å². The van der Waals surface area contributed by atoms with E-state index in [4.69, 9.17) is 9.47 Å². The number of aliphatic carboxylic acids is 1. The predicted molar refractivity (Wildman–Crippen MR) is 99.9 cm³/mol. The van der Waals surface area contributed by atoms with E-state index in [0.29, 0.717) is 5.56 Å². The van der Waals surface area contributed by atoms with E-state index in [1.54, 1.807) is 31.5 Å². The molecule has 2 aromatic rings. The third-order valence-corrected chi connectivity index (χ3v) is 5.92. The second-order valence-corrected chi connectivity index (χ2v) is 7.65. The van der Waals surface area contributed by atoms with E-state index in [1.807, 2.05) is 0 Å². The average Bonchev–Trinajstić information content (AvgIpc) is 2.70. The van der Waals surface area contributed by atoms with E-state index in [0.717, 1.165) is 11.6 Å². The van der Waals surface area contributed by atoms with Crippen molar-refractivity contribution in [1.82, 2.24) is 4.31 Å². The zero-order valence-corrected chi connectivity index (χ0v) is 16.7. The van der Waals surface area contributed by atoms with Gasteiger partial charge in [0.25, 0.3) is 0 Å². The molecule has 1 aromatic heterocycles. The Bertz CT molecular complexity index is 958. The molecule has 9 heteroatoms. The maximum atomic E-state index is 13.3. The monoisotopic (exact) mass is 406 g/mol. The first-order chi connectivity index (χ1) is 13.3. The van der Waals surface area contributed by atoms with Gasteiger partial charge in [-0.2, -0.15) is 4.31 Å². The van der Waals surface area contributed by atoms with Gasteiger partial charge in [0.1, 0.15) is 4.90 Å². The fourth-order valence-electron chi connectivity index (χ4n) is 2.64. The largest absolute Gasteiger partial charge is 0.545 e. The maximum Gasteiger partial charge on any atom is 0.247 e. The van der Waals surface area contributed by atoms with E-state index in [2.05, 4.69) is 4.98 Å². The Morgan fingerprint density at radius 2 is 1.89 bits per heavy atom. The highest BCUT2D eigenvalue weighted by atomic mass is 32.2.